The summed E-state index contributed by atoms with van der Waals surface area (Å²) in [6.07, 6.45) is 8.30. The topological polar surface area (TPSA) is 141 Å². The number of rotatable bonds is 4. The average molecular weight is 529 g/mol. The van der Waals surface area contributed by atoms with Gasteiger partial charge in [0.15, 0.2) is 5.65 Å². The third-order valence-electron chi connectivity index (χ3n) is 5.96. The Kier molecular flexibility index (Phi) is 7.13. The van der Waals surface area contributed by atoms with E-state index in [-0.39, 0.29) is 0 Å². The van der Waals surface area contributed by atoms with Crippen LogP contribution in [0.1, 0.15) is 37.3 Å². The number of aromatic nitrogens is 5. The molecule has 0 spiro atoms. The van der Waals surface area contributed by atoms with Crippen molar-refractivity contribution in [1.29, 1.82) is 0 Å². The van der Waals surface area contributed by atoms with Crippen LogP contribution in [0.5, 0.6) is 0 Å². The Balaban J connectivity index is 0.000000636. The number of fused-ring (bicyclic) bond motifs is 1. The van der Waals surface area contributed by atoms with Crippen molar-refractivity contribution >= 4 is 33.6 Å². The zero-order valence-corrected chi connectivity index (χ0v) is 20.1. The number of nitrogen functional groups attached to an aromatic ring is 1. The standard InChI is InChI=1S/C22H23BrN6O.CH2O3/c1-30-17-9-7-14(8-10-17)20-19(23)21(24)29-22(27-20)18(12-26-29)15-11-25-28(13-15)16-5-3-2-4-6-16;2-1(3)4/h2-6,11-14,17H,7-10,24H2,1H3;(H2,2,3,4)/t14-,17-;. The molecule has 0 radical (unpaired) electrons. The van der Waals surface area contributed by atoms with Crippen LogP contribution in [0.15, 0.2) is 53.4 Å². The van der Waals surface area contributed by atoms with Crippen molar-refractivity contribution in [2.75, 3.05) is 12.8 Å². The van der Waals surface area contributed by atoms with Gasteiger partial charge in [0, 0.05) is 30.4 Å². The molecule has 10 nitrogen and oxygen atoms in total. The number of halogens is 1. The van der Waals surface area contributed by atoms with Gasteiger partial charge in [-0.15, -0.1) is 0 Å². The van der Waals surface area contributed by atoms with Crippen molar-refractivity contribution in [1.82, 2.24) is 24.4 Å². The highest BCUT2D eigenvalue weighted by Gasteiger charge is 2.27. The van der Waals surface area contributed by atoms with E-state index in [0.29, 0.717) is 17.8 Å². The monoisotopic (exact) mass is 528 g/mol. The molecule has 1 fully saturated rings. The Morgan fingerprint density at radius 3 is 2.44 bits per heavy atom. The van der Waals surface area contributed by atoms with Crippen LogP contribution in [-0.4, -0.2) is 54.0 Å². The fourth-order valence-corrected chi connectivity index (χ4v) is 4.82. The fourth-order valence-electron chi connectivity index (χ4n) is 4.24. The normalized spacial score (nSPS) is 17.8. The number of hydrogen-bond donors (Lipinski definition) is 3. The number of benzene rings is 1. The first-order valence-electron chi connectivity index (χ1n) is 10.8. The minimum atomic E-state index is -1.83. The van der Waals surface area contributed by atoms with Crippen LogP contribution in [0.4, 0.5) is 10.6 Å². The van der Waals surface area contributed by atoms with Crippen molar-refractivity contribution in [3.05, 3.63) is 59.1 Å². The van der Waals surface area contributed by atoms with Gasteiger partial charge in [0.1, 0.15) is 5.82 Å². The number of ether oxygens (including phenoxy) is 1. The number of hydrogen-bond acceptors (Lipinski definition) is 6. The minimum Gasteiger partial charge on any atom is -0.450 e. The van der Waals surface area contributed by atoms with Crippen LogP contribution in [-0.2, 0) is 4.74 Å². The molecule has 0 saturated heterocycles. The number of methoxy groups -OCH3 is 1. The van der Waals surface area contributed by atoms with E-state index in [0.717, 1.165) is 58.3 Å². The van der Waals surface area contributed by atoms with Crippen molar-refractivity contribution in [3.63, 3.8) is 0 Å². The number of anilines is 1. The molecule has 1 aliphatic rings. The minimum absolute atomic E-state index is 0.343. The van der Waals surface area contributed by atoms with E-state index in [1.165, 1.54) is 0 Å². The second-order valence-corrected chi connectivity index (χ2v) is 8.78. The van der Waals surface area contributed by atoms with E-state index < -0.39 is 6.16 Å². The first-order chi connectivity index (χ1) is 16.4. The number of carboxylic acid groups (broad SMARTS) is 2. The summed E-state index contributed by atoms with van der Waals surface area (Å²) in [5.41, 5.74) is 11.1. The van der Waals surface area contributed by atoms with Gasteiger partial charge in [0.05, 0.1) is 34.4 Å². The van der Waals surface area contributed by atoms with Crippen LogP contribution in [0.3, 0.4) is 0 Å². The van der Waals surface area contributed by atoms with Crippen molar-refractivity contribution in [2.45, 2.75) is 37.7 Å². The summed E-state index contributed by atoms with van der Waals surface area (Å²) in [5, 5.41) is 23.0. The summed E-state index contributed by atoms with van der Waals surface area (Å²) in [7, 11) is 1.79. The summed E-state index contributed by atoms with van der Waals surface area (Å²) in [6, 6.07) is 10.0. The zero-order valence-electron chi connectivity index (χ0n) is 18.5. The van der Waals surface area contributed by atoms with Gasteiger partial charge >= 0.3 is 6.16 Å². The smallest absolute Gasteiger partial charge is 0.450 e. The molecule has 0 amide bonds. The van der Waals surface area contributed by atoms with E-state index in [4.69, 9.17) is 30.5 Å². The van der Waals surface area contributed by atoms with Gasteiger partial charge in [-0.25, -0.2) is 14.5 Å². The van der Waals surface area contributed by atoms with E-state index >= 15 is 0 Å². The van der Waals surface area contributed by atoms with Gasteiger partial charge in [-0.2, -0.15) is 14.7 Å². The molecular formula is C23H25BrN6O4. The molecule has 1 saturated carbocycles. The largest absolute Gasteiger partial charge is 0.503 e. The van der Waals surface area contributed by atoms with Gasteiger partial charge in [0.2, 0.25) is 0 Å². The number of nitrogens with zero attached hydrogens (tertiary/aromatic N) is 5. The molecule has 0 bridgehead atoms. The first-order valence-corrected chi connectivity index (χ1v) is 11.6. The van der Waals surface area contributed by atoms with Gasteiger partial charge in [-0.1, -0.05) is 18.2 Å². The number of para-hydroxylation sites is 1. The summed E-state index contributed by atoms with van der Waals surface area (Å²) in [4.78, 5) is 13.6. The maximum Gasteiger partial charge on any atom is 0.503 e. The molecule has 34 heavy (non-hydrogen) atoms. The van der Waals surface area contributed by atoms with E-state index in [2.05, 4.69) is 26.1 Å². The highest BCUT2D eigenvalue weighted by Crippen LogP contribution is 2.39. The Hall–Kier alpha value is -3.44. The Labute approximate surface area is 204 Å². The van der Waals surface area contributed by atoms with Crippen LogP contribution in [0.2, 0.25) is 0 Å². The molecule has 178 valence electrons. The molecule has 1 aromatic carbocycles. The predicted molar refractivity (Wildman–Crippen MR) is 130 cm³/mol. The molecule has 0 unspecified atom stereocenters. The summed E-state index contributed by atoms with van der Waals surface area (Å²) < 4.78 is 9.91. The molecule has 0 aliphatic heterocycles. The molecule has 0 atom stereocenters. The fraction of sp³-hybridized carbons (Fsp3) is 0.304. The summed E-state index contributed by atoms with van der Waals surface area (Å²) in [5.74, 6) is 0.929. The first kappa shape index (κ1) is 23.7. The molecule has 4 aromatic rings. The molecule has 1 aliphatic carbocycles. The molecular weight excluding hydrogens is 504 g/mol. The van der Waals surface area contributed by atoms with Crippen LogP contribution in [0, 0.1) is 0 Å². The maximum atomic E-state index is 8.56. The predicted octanol–water partition coefficient (Wildman–Crippen LogP) is 4.82. The van der Waals surface area contributed by atoms with Gasteiger partial charge < -0.3 is 20.7 Å². The summed E-state index contributed by atoms with van der Waals surface area (Å²) >= 11 is 3.67. The SMILES string of the molecule is CO[C@H]1CC[C@H](c2nc3c(-c4cnn(-c5ccccc5)c4)cnn3c(N)c2Br)CC1.O=C(O)O. The third kappa shape index (κ3) is 4.90. The van der Waals surface area contributed by atoms with Crippen LogP contribution >= 0.6 is 15.9 Å². The van der Waals surface area contributed by atoms with Crippen molar-refractivity contribution < 1.29 is 19.7 Å². The maximum absolute atomic E-state index is 8.56. The Morgan fingerprint density at radius 2 is 1.79 bits per heavy atom. The molecule has 4 N–H and O–H groups in total. The van der Waals surface area contributed by atoms with Gasteiger partial charge in [-0.3, -0.25) is 0 Å². The van der Waals surface area contributed by atoms with Crippen LogP contribution in [0.25, 0.3) is 22.5 Å². The highest BCUT2D eigenvalue weighted by atomic mass is 79.9. The lowest BCUT2D eigenvalue weighted by Gasteiger charge is -2.28. The zero-order chi connectivity index (χ0) is 24.2. The summed E-state index contributed by atoms with van der Waals surface area (Å²) in [6.45, 7) is 0. The highest BCUT2D eigenvalue weighted by molar-refractivity contribution is 9.10. The van der Waals surface area contributed by atoms with Gasteiger partial charge in [0.25, 0.3) is 0 Å². The average Bonchev–Trinajstić information content (AvgIpc) is 3.49. The quantitative estimate of drug-likeness (QED) is 0.342. The third-order valence-corrected chi connectivity index (χ3v) is 6.77. The van der Waals surface area contributed by atoms with E-state index in [1.54, 1.807) is 11.6 Å². The Morgan fingerprint density at radius 1 is 1.12 bits per heavy atom. The molecule has 3 heterocycles. The lowest BCUT2D eigenvalue weighted by molar-refractivity contribution is 0.0654. The van der Waals surface area contributed by atoms with Gasteiger partial charge in [-0.05, 0) is 53.7 Å². The van der Waals surface area contributed by atoms with Crippen molar-refractivity contribution in [3.8, 4) is 16.8 Å². The molecule has 11 heteroatoms. The lowest BCUT2D eigenvalue weighted by Crippen LogP contribution is -2.20. The number of nitrogens with two attached hydrogens (primary N) is 1. The van der Waals surface area contributed by atoms with Crippen molar-refractivity contribution in [2.24, 2.45) is 0 Å². The van der Waals surface area contributed by atoms with Crippen LogP contribution < -0.4 is 5.73 Å². The second-order valence-electron chi connectivity index (χ2n) is 7.99. The van der Waals surface area contributed by atoms with E-state index in [9.17, 15) is 0 Å². The number of carbonyl (C=O) groups is 1. The lowest BCUT2D eigenvalue weighted by atomic mass is 9.85. The van der Waals surface area contributed by atoms with E-state index in [1.807, 2.05) is 53.6 Å². The molecule has 3 aromatic heterocycles. The second kappa shape index (κ2) is 10.2. The Bertz CT molecular complexity index is 1280. The molecule has 5 rings (SSSR count).